The normalized spacial score (nSPS) is 31.5. The summed E-state index contributed by atoms with van der Waals surface area (Å²) in [6.07, 6.45) is -6.77. The van der Waals surface area contributed by atoms with E-state index in [-0.39, 0.29) is 0 Å². The molecule has 0 saturated carbocycles. The first kappa shape index (κ1) is 17.0. The Labute approximate surface area is 144 Å². The highest BCUT2D eigenvalue weighted by molar-refractivity contribution is 9.10. The first-order valence-electron chi connectivity index (χ1n) is 6.87. The number of hydrogen-bond acceptors (Lipinski definition) is 6. The number of fused-ring (bicyclic) bond motifs is 1. The van der Waals surface area contributed by atoms with Gasteiger partial charge in [-0.05, 0) is 28.1 Å². The second-order valence-corrected chi connectivity index (χ2v) is 6.45. The molecule has 0 aliphatic carbocycles. The maximum absolute atomic E-state index is 10.1. The lowest BCUT2D eigenvalue weighted by Gasteiger charge is -2.39. The van der Waals surface area contributed by atoms with Gasteiger partial charge >= 0.3 is 0 Å². The fourth-order valence-corrected chi connectivity index (χ4v) is 3.30. The molecule has 1 aliphatic rings. The van der Waals surface area contributed by atoms with Gasteiger partial charge < -0.3 is 34.9 Å². The van der Waals surface area contributed by atoms with Crippen LogP contribution in [-0.2, 0) is 4.74 Å². The lowest BCUT2D eigenvalue weighted by Crippen LogP contribution is -2.60. The molecule has 1 aromatic heterocycles. The molecule has 1 aromatic carbocycles. The average molecular weight is 409 g/mol. The van der Waals surface area contributed by atoms with Crippen LogP contribution in [0.25, 0.3) is 10.9 Å². The minimum Gasteiger partial charge on any atom is -0.458 e. The zero-order valence-corrected chi connectivity index (χ0v) is 14.0. The van der Waals surface area contributed by atoms with Gasteiger partial charge in [0.05, 0.1) is 22.5 Å². The summed E-state index contributed by atoms with van der Waals surface area (Å²) in [5.41, 5.74) is 0.712. The average Bonchev–Trinajstić information content (AvgIpc) is 2.85. The minimum absolute atomic E-state index is 0.301. The summed E-state index contributed by atoms with van der Waals surface area (Å²) in [4.78, 5) is 3.03. The van der Waals surface area contributed by atoms with Crippen molar-refractivity contribution in [3.63, 3.8) is 0 Å². The van der Waals surface area contributed by atoms with E-state index >= 15 is 0 Å². The highest BCUT2D eigenvalue weighted by Crippen LogP contribution is 2.39. The van der Waals surface area contributed by atoms with E-state index in [1.165, 1.54) is 0 Å². The lowest BCUT2D eigenvalue weighted by atomic mass is 9.99. The van der Waals surface area contributed by atoms with Crippen molar-refractivity contribution in [3.8, 4) is 5.75 Å². The summed E-state index contributed by atoms with van der Waals surface area (Å²) in [6, 6.07) is 5.25. The Bertz CT molecular complexity index is 708. The number of aliphatic hydroxyl groups excluding tert-OH is 4. The molecule has 5 N–H and O–H groups in total. The van der Waals surface area contributed by atoms with Crippen molar-refractivity contribution in [1.82, 2.24) is 4.98 Å². The Balaban J connectivity index is 1.94. The molecule has 3 rings (SSSR count). The molecule has 0 amide bonds. The summed E-state index contributed by atoms with van der Waals surface area (Å²) < 4.78 is 11.5. The van der Waals surface area contributed by atoms with Gasteiger partial charge in [0, 0.05) is 0 Å². The largest absolute Gasteiger partial charge is 0.458 e. The van der Waals surface area contributed by atoms with Crippen LogP contribution in [0.4, 0.5) is 0 Å². The minimum atomic E-state index is -1.51. The molecule has 2 aromatic rings. The number of rotatable bonds is 3. The van der Waals surface area contributed by atoms with E-state index in [9.17, 15) is 20.4 Å². The standard InChI is InChI=1S/C14H15BrClNO6/c15-13-12(8-5(16)2-1-3-6(8)17-13)23-14-11(21)10(20)9(19)7(4-18)22-14/h1-3,7,9-11,14,17-21H,4H2/t7-,9+,10+,11-,14?/m1/s1. The third-order valence-electron chi connectivity index (χ3n) is 3.77. The fraction of sp³-hybridized carbons (Fsp3) is 0.429. The van der Waals surface area contributed by atoms with Crippen molar-refractivity contribution in [2.24, 2.45) is 0 Å². The number of ether oxygens (including phenoxy) is 2. The van der Waals surface area contributed by atoms with Crippen LogP contribution in [0.3, 0.4) is 0 Å². The zero-order valence-electron chi connectivity index (χ0n) is 11.7. The molecule has 5 atom stereocenters. The first-order chi connectivity index (χ1) is 10.9. The van der Waals surface area contributed by atoms with Crippen LogP contribution in [-0.4, -0.2) is 62.7 Å². The molecule has 1 fully saturated rings. The number of aromatic amines is 1. The Morgan fingerprint density at radius 2 is 1.96 bits per heavy atom. The number of aromatic nitrogens is 1. The summed E-state index contributed by atoms with van der Waals surface area (Å²) in [5.74, 6) is 0.301. The van der Waals surface area contributed by atoms with Crippen LogP contribution < -0.4 is 4.74 Å². The Kier molecular flexibility index (Phi) is 4.84. The molecule has 9 heteroatoms. The quantitative estimate of drug-likeness (QED) is 0.512. The van der Waals surface area contributed by atoms with Gasteiger partial charge in [0.2, 0.25) is 6.29 Å². The number of benzene rings is 1. The fourth-order valence-electron chi connectivity index (χ4n) is 2.54. The number of nitrogens with one attached hydrogen (secondary N) is 1. The van der Waals surface area contributed by atoms with E-state index in [0.717, 1.165) is 0 Å². The van der Waals surface area contributed by atoms with Crippen LogP contribution >= 0.6 is 27.5 Å². The van der Waals surface area contributed by atoms with Crippen molar-refractivity contribution >= 4 is 38.4 Å². The zero-order chi connectivity index (χ0) is 16.7. The second kappa shape index (κ2) is 6.56. The van der Waals surface area contributed by atoms with Crippen molar-refractivity contribution in [2.75, 3.05) is 6.61 Å². The molecule has 1 saturated heterocycles. The highest BCUT2D eigenvalue weighted by atomic mass is 79.9. The van der Waals surface area contributed by atoms with Crippen molar-refractivity contribution in [1.29, 1.82) is 0 Å². The molecular formula is C14H15BrClNO6. The van der Waals surface area contributed by atoms with Crippen LogP contribution in [0, 0.1) is 0 Å². The molecule has 7 nitrogen and oxygen atoms in total. The monoisotopic (exact) mass is 407 g/mol. The van der Waals surface area contributed by atoms with Crippen LogP contribution in [0.5, 0.6) is 5.75 Å². The maximum Gasteiger partial charge on any atom is 0.229 e. The van der Waals surface area contributed by atoms with Gasteiger partial charge in [-0.3, -0.25) is 0 Å². The Hall–Kier alpha value is -0.870. The van der Waals surface area contributed by atoms with Crippen molar-refractivity contribution < 1.29 is 29.9 Å². The highest BCUT2D eigenvalue weighted by Gasteiger charge is 2.45. The van der Waals surface area contributed by atoms with Crippen molar-refractivity contribution in [2.45, 2.75) is 30.7 Å². The third-order valence-corrected chi connectivity index (χ3v) is 4.64. The predicted molar refractivity (Wildman–Crippen MR) is 85.4 cm³/mol. The number of hydrogen-bond donors (Lipinski definition) is 5. The third kappa shape index (κ3) is 2.96. The molecule has 1 unspecified atom stereocenters. The van der Waals surface area contributed by atoms with E-state index < -0.39 is 37.3 Å². The summed E-state index contributed by atoms with van der Waals surface area (Å²) in [5, 5.41) is 39.9. The molecule has 0 bridgehead atoms. The van der Waals surface area contributed by atoms with Crippen LogP contribution in [0.1, 0.15) is 0 Å². The molecule has 2 heterocycles. The Morgan fingerprint density at radius 1 is 1.22 bits per heavy atom. The second-order valence-electron chi connectivity index (χ2n) is 5.25. The van der Waals surface area contributed by atoms with Gasteiger partial charge in [0.1, 0.15) is 29.0 Å². The number of halogens is 2. The summed E-state index contributed by atoms with van der Waals surface area (Å²) in [7, 11) is 0. The molecule has 0 spiro atoms. The molecule has 23 heavy (non-hydrogen) atoms. The van der Waals surface area contributed by atoms with E-state index in [2.05, 4.69) is 20.9 Å². The summed E-state index contributed by atoms with van der Waals surface area (Å²) >= 11 is 9.50. The number of H-pyrrole nitrogens is 1. The van der Waals surface area contributed by atoms with E-state index in [1.807, 2.05) is 0 Å². The molecular weight excluding hydrogens is 394 g/mol. The van der Waals surface area contributed by atoms with Gasteiger partial charge in [0.25, 0.3) is 0 Å². The smallest absolute Gasteiger partial charge is 0.229 e. The van der Waals surface area contributed by atoms with Gasteiger partial charge in [0.15, 0.2) is 5.75 Å². The van der Waals surface area contributed by atoms with Crippen LogP contribution in [0.15, 0.2) is 22.8 Å². The Morgan fingerprint density at radius 3 is 2.65 bits per heavy atom. The molecule has 126 valence electrons. The predicted octanol–water partition coefficient (Wildman–Crippen LogP) is 0.762. The van der Waals surface area contributed by atoms with Crippen LogP contribution in [0.2, 0.25) is 5.02 Å². The molecule has 1 aliphatic heterocycles. The van der Waals surface area contributed by atoms with E-state index in [4.69, 9.17) is 21.1 Å². The maximum atomic E-state index is 10.1. The first-order valence-corrected chi connectivity index (χ1v) is 8.04. The summed E-state index contributed by atoms with van der Waals surface area (Å²) in [6.45, 7) is -0.527. The SMILES string of the molecule is OC[C@H]1OC(Oc2c(Br)[nH]c3cccc(Cl)c23)[C@H](O)[C@@H](O)[C@H]1O. The van der Waals surface area contributed by atoms with Gasteiger partial charge in [-0.15, -0.1) is 0 Å². The van der Waals surface area contributed by atoms with Crippen molar-refractivity contribution in [3.05, 3.63) is 27.8 Å². The van der Waals surface area contributed by atoms with Gasteiger partial charge in [-0.25, -0.2) is 0 Å². The van der Waals surface area contributed by atoms with Gasteiger partial charge in [-0.2, -0.15) is 0 Å². The molecule has 0 radical (unpaired) electrons. The van der Waals surface area contributed by atoms with E-state index in [0.29, 0.717) is 26.3 Å². The topological polar surface area (TPSA) is 115 Å². The van der Waals surface area contributed by atoms with E-state index in [1.54, 1.807) is 18.2 Å². The van der Waals surface area contributed by atoms with Gasteiger partial charge in [-0.1, -0.05) is 17.7 Å². The number of aliphatic hydroxyl groups is 4. The lowest BCUT2D eigenvalue weighted by molar-refractivity contribution is -0.277.